The second kappa shape index (κ2) is 4.94. The summed E-state index contributed by atoms with van der Waals surface area (Å²) in [5.41, 5.74) is 3.69. The van der Waals surface area contributed by atoms with Crippen LogP contribution >= 0.6 is 0 Å². The van der Waals surface area contributed by atoms with E-state index in [0.717, 1.165) is 29.7 Å². The Bertz CT molecular complexity index is 423. The first kappa shape index (κ1) is 12.1. The molecule has 0 saturated heterocycles. The zero-order chi connectivity index (χ0) is 12.5. The molecule has 3 nitrogen and oxygen atoms in total. The molecule has 1 heterocycles. The third-order valence-electron chi connectivity index (χ3n) is 4.75. The van der Waals surface area contributed by atoms with Gasteiger partial charge < -0.3 is 0 Å². The summed E-state index contributed by atoms with van der Waals surface area (Å²) in [4.78, 5) is 3.91. The van der Waals surface area contributed by atoms with Crippen molar-refractivity contribution in [1.29, 1.82) is 0 Å². The molecule has 0 spiro atoms. The van der Waals surface area contributed by atoms with Crippen molar-refractivity contribution in [3.8, 4) is 0 Å². The van der Waals surface area contributed by atoms with Gasteiger partial charge >= 0.3 is 0 Å². The Morgan fingerprint density at radius 2 is 2.28 bits per heavy atom. The number of nitrogens with zero attached hydrogens (tertiary/aromatic N) is 1. The Balaban J connectivity index is 1.69. The predicted octanol–water partition coefficient (Wildman–Crippen LogP) is 2.55. The fourth-order valence-electron chi connectivity index (χ4n) is 3.89. The van der Waals surface area contributed by atoms with E-state index >= 15 is 0 Å². The molecule has 4 unspecified atom stereocenters. The van der Waals surface area contributed by atoms with Crippen LogP contribution in [0.1, 0.15) is 43.7 Å². The topological polar surface area (TPSA) is 50.9 Å². The quantitative estimate of drug-likeness (QED) is 0.637. The molecule has 18 heavy (non-hydrogen) atoms. The lowest BCUT2D eigenvalue weighted by Crippen LogP contribution is -2.31. The van der Waals surface area contributed by atoms with Gasteiger partial charge in [-0.3, -0.25) is 16.3 Å². The van der Waals surface area contributed by atoms with Gasteiger partial charge in [0.1, 0.15) is 5.82 Å². The SMILES string of the molecule is NNC(CC1CC2CCC1C2)c1cncc(F)c1. The molecular weight excluding hydrogens is 229 g/mol. The van der Waals surface area contributed by atoms with Crippen LogP contribution in [0, 0.1) is 23.6 Å². The Hall–Kier alpha value is -1.00. The third kappa shape index (κ3) is 2.27. The van der Waals surface area contributed by atoms with Gasteiger partial charge in [0.15, 0.2) is 0 Å². The number of hydrogen-bond acceptors (Lipinski definition) is 3. The summed E-state index contributed by atoms with van der Waals surface area (Å²) < 4.78 is 13.2. The monoisotopic (exact) mass is 249 g/mol. The Labute approximate surface area is 107 Å². The molecule has 1 aromatic rings. The molecule has 0 amide bonds. The average molecular weight is 249 g/mol. The molecule has 1 aromatic heterocycles. The molecule has 3 rings (SSSR count). The number of nitrogens with two attached hydrogens (primary N) is 1. The van der Waals surface area contributed by atoms with Crippen LogP contribution in [-0.4, -0.2) is 4.98 Å². The minimum absolute atomic E-state index is 0.0255. The van der Waals surface area contributed by atoms with E-state index < -0.39 is 0 Å². The van der Waals surface area contributed by atoms with Gasteiger partial charge in [0, 0.05) is 12.2 Å². The van der Waals surface area contributed by atoms with Crippen molar-refractivity contribution in [2.75, 3.05) is 0 Å². The summed E-state index contributed by atoms with van der Waals surface area (Å²) in [5, 5.41) is 0. The molecule has 2 fully saturated rings. The van der Waals surface area contributed by atoms with Gasteiger partial charge in [-0.15, -0.1) is 0 Å². The van der Waals surface area contributed by atoms with Crippen LogP contribution in [0.5, 0.6) is 0 Å². The van der Waals surface area contributed by atoms with E-state index in [1.54, 1.807) is 6.20 Å². The van der Waals surface area contributed by atoms with Crippen LogP contribution in [-0.2, 0) is 0 Å². The Kier molecular flexibility index (Phi) is 3.31. The number of aromatic nitrogens is 1. The zero-order valence-corrected chi connectivity index (χ0v) is 10.5. The van der Waals surface area contributed by atoms with E-state index in [0.29, 0.717) is 0 Å². The van der Waals surface area contributed by atoms with Crippen molar-refractivity contribution in [2.45, 2.75) is 38.1 Å². The van der Waals surface area contributed by atoms with Crippen molar-refractivity contribution in [2.24, 2.45) is 23.6 Å². The minimum Gasteiger partial charge on any atom is -0.271 e. The van der Waals surface area contributed by atoms with E-state index in [1.807, 2.05) is 0 Å². The van der Waals surface area contributed by atoms with Gasteiger partial charge in [0.25, 0.3) is 0 Å². The van der Waals surface area contributed by atoms with Crippen molar-refractivity contribution < 1.29 is 4.39 Å². The summed E-state index contributed by atoms with van der Waals surface area (Å²) >= 11 is 0. The Morgan fingerprint density at radius 3 is 2.89 bits per heavy atom. The predicted molar refractivity (Wildman–Crippen MR) is 67.8 cm³/mol. The smallest absolute Gasteiger partial charge is 0.141 e. The summed E-state index contributed by atoms with van der Waals surface area (Å²) in [5.74, 6) is 7.89. The Morgan fingerprint density at radius 1 is 1.39 bits per heavy atom. The highest BCUT2D eigenvalue weighted by atomic mass is 19.1. The minimum atomic E-state index is -0.291. The summed E-state index contributed by atoms with van der Waals surface area (Å²) in [7, 11) is 0. The van der Waals surface area contributed by atoms with Gasteiger partial charge in [-0.25, -0.2) is 4.39 Å². The molecule has 4 atom stereocenters. The lowest BCUT2D eigenvalue weighted by molar-refractivity contribution is 0.279. The van der Waals surface area contributed by atoms with Gasteiger partial charge in [0.2, 0.25) is 0 Å². The molecular formula is C14H20FN3. The lowest BCUT2D eigenvalue weighted by atomic mass is 9.83. The molecule has 2 bridgehead atoms. The first-order valence-corrected chi connectivity index (χ1v) is 6.83. The van der Waals surface area contributed by atoms with Crippen molar-refractivity contribution >= 4 is 0 Å². The normalized spacial score (nSPS) is 31.8. The van der Waals surface area contributed by atoms with E-state index in [-0.39, 0.29) is 11.9 Å². The van der Waals surface area contributed by atoms with E-state index in [2.05, 4.69) is 10.4 Å². The molecule has 0 aliphatic heterocycles. The molecule has 0 aromatic carbocycles. The third-order valence-corrected chi connectivity index (χ3v) is 4.75. The van der Waals surface area contributed by atoms with Crippen LogP contribution in [0.3, 0.4) is 0 Å². The molecule has 2 aliphatic rings. The van der Waals surface area contributed by atoms with Crippen LogP contribution in [0.25, 0.3) is 0 Å². The maximum Gasteiger partial charge on any atom is 0.141 e. The zero-order valence-electron chi connectivity index (χ0n) is 10.5. The summed E-state index contributed by atoms with van der Waals surface area (Å²) in [6.07, 6.45) is 9.44. The number of rotatable bonds is 4. The highest BCUT2D eigenvalue weighted by Gasteiger charge is 2.40. The van der Waals surface area contributed by atoms with Gasteiger partial charge in [0.05, 0.1) is 6.20 Å². The standard InChI is InChI=1S/C14H20FN3/c15-13-5-12(7-17-8-13)14(18-16)6-11-4-9-1-2-10(11)3-9/h5,7-11,14,18H,1-4,6,16H2. The fourth-order valence-corrected chi connectivity index (χ4v) is 3.89. The maximum atomic E-state index is 13.2. The van der Waals surface area contributed by atoms with Crippen LogP contribution in [0.15, 0.2) is 18.5 Å². The van der Waals surface area contributed by atoms with Gasteiger partial charge in [-0.2, -0.15) is 0 Å². The second-order valence-corrected chi connectivity index (χ2v) is 5.83. The number of hydrogen-bond donors (Lipinski definition) is 2. The van der Waals surface area contributed by atoms with Gasteiger partial charge in [-0.1, -0.05) is 6.42 Å². The largest absolute Gasteiger partial charge is 0.271 e. The van der Waals surface area contributed by atoms with Crippen molar-refractivity contribution in [3.63, 3.8) is 0 Å². The second-order valence-electron chi connectivity index (χ2n) is 5.83. The first-order chi connectivity index (χ1) is 8.76. The van der Waals surface area contributed by atoms with Crippen molar-refractivity contribution in [1.82, 2.24) is 10.4 Å². The fraction of sp³-hybridized carbons (Fsp3) is 0.643. The summed E-state index contributed by atoms with van der Waals surface area (Å²) in [6.45, 7) is 0. The molecule has 0 radical (unpaired) electrons. The molecule has 98 valence electrons. The number of fused-ring (bicyclic) bond motifs is 2. The van der Waals surface area contributed by atoms with E-state index in [4.69, 9.17) is 5.84 Å². The van der Waals surface area contributed by atoms with Crippen LogP contribution < -0.4 is 11.3 Å². The van der Waals surface area contributed by atoms with Gasteiger partial charge in [-0.05, 0) is 55.1 Å². The first-order valence-electron chi connectivity index (χ1n) is 6.83. The number of pyridine rings is 1. The average Bonchev–Trinajstić information content (AvgIpc) is 2.98. The number of halogens is 1. The molecule has 2 saturated carbocycles. The van der Waals surface area contributed by atoms with Crippen LogP contribution in [0.4, 0.5) is 4.39 Å². The van der Waals surface area contributed by atoms with E-state index in [9.17, 15) is 4.39 Å². The molecule has 3 N–H and O–H groups in total. The molecule has 2 aliphatic carbocycles. The highest BCUT2D eigenvalue weighted by Crippen LogP contribution is 2.50. The van der Waals surface area contributed by atoms with E-state index in [1.165, 1.54) is 37.9 Å². The summed E-state index contributed by atoms with van der Waals surface area (Å²) in [6, 6.07) is 1.56. The molecule has 4 heteroatoms. The van der Waals surface area contributed by atoms with Crippen LogP contribution in [0.2, 0.25) is 0 Å². The number of hydrazine groups is 1. The van der Waals surface area contributed by atoms with Crippen molar-refractivity contribution in [3.05, 3.63) is 29.8 Å². The number of nitrogens with one attached hydrogen (secondary N) is 1. The lowest BCUT2D eigenvalue weighted by Gasteiger charge is -2.26. The maximum absolute atomic E-state index is 13.2. The highest BCUT2D eigenvalue weighted by molar-refractivity contribution is 5.15.